The maximum atomic E-state index is 11.2. The van der Waals surface area contributed by atoms with Gasteiger partial charge in [0.25, 0.3) is 0 Å². The Morgan fingerprint density at radius 3 is 2.05 bits per heavy atom. The van der Waals surface area contributed by atoms with Crippen LogP contribution < -0.4 is 0 Å². The summed E-state index contributed by atoms with van der Waals surface area (Å²) in [6.45, 7) is 0. The van der Waals surface area contributed by atoms with Crippen molar-refractivity contribution >= 4 is 17.6 Å². The first kappa shape index (κ1) is 12.8. The van der Waals surface area contributed by atoms with Gasteiger partial charge in [0.2, 0.25) is 0 Å². The lowest BCUT2D eigenvalue weighted by Gasteiger charge is -2.00. The van der Waals surface area contributed by atoms with Crippen molar-refractivity contribution in [2.45, 2.75) is 0 Å². The molecule has 2 aromatic rings. The van der Waals surface area contributed by atoms with E-state index >= 15 is 0 Å². The highest BCUT2D eigenvalue weighted by molar-refractivity contribution is 6.15. The summed E-state index contributed by atoms with van der Waals surface area (Å²) < 4.78 is 0. The van der Waals surface area contributed by atoms with E-state index in [1.54, 1.807) is 24.3 Å². The van der Waals surface area contributed by atoms with Crippen LogP contribution in [0.2, 0.25) is 0 Å². The number of allylic oxidation sites excluding steroid dienone is 2. The molecule has 0 fully saturated rings. The van der Waals surface area contributed by atoms with Crippen LogP contribution in [0.3, 0.4) is 0 Å². The summed E-state index contributed by atoms with van der Waals surface area (Å²) in [7, 11) is 0. The van der Waals surface area contributed by atoms with Crippen LogP contribution in [0.1, 0.15) is 11.1 Å². The first-order valence-corrected chi connectivity index (χ1v) is 5.99. The number of hydrogen-bond donors (Lipinski definition) is 1. The average molecular weight is 250 g/mol. The molecule has 1 N–H and O–H groups in total. The normalized spacial score (nSPS) is 11.7. The lowest BCUT2D eigenvalue weighted by atomic mass is 10.1. The highest BCUT2D eigenvalue weighted by atomic mass is 16.4. The Hall–Kier alpha value is -2.61. The molecule has 2 nitrogen and oxygen atoms in total. The van der Waals surface area contributed by atoms with Gasteiger partial charge in [-0.2, -0.15) is 0 Å². The Balaban J connectivity index is 2.24. The second kappa shape index (κ2) is 6.36. The molecule has 0 atom stereocenters. The van der Waals surface area contributed by atoms with Crippen LogP contribution in [-0.4, -0.2) is 11.1 Å². The molecule has 0 bridgehead atoms. The smallest absolute Gasteiger partial charge is 0.336 e. The first-order chi connectivity index (χ1) is 9.27. The molecule has 0 unspecified atom stereocenters. The summed E-state index contributed by atoms with van der Waals surface area (Å²) in [5, 5.41) is 9.22. The Labute approximate surface area is 112 Å². The first-order valence-electron chi connectivity index (χ1n) is 5.99. The fourth-order valence-electron chi connectivity index (χ4n) is 1.73. The van der Waals surface area contributed by atoms with Gasteiger partial charge in [-0.1, -0.05) is 72.8 Å². The van der Waals surface area contributed by atoms with Gasteiger partial charge < -0.3 is 5.11 Å². The van der Waals surface area contributed by atoms with Gasteiger partial charge in [-0.3, -0.25) is 0 Å². The minimum Gasteiger partial charge on any atom is -0.478 e. The van der Waals surface area contributed by atoms with E-state index in [9.17, 15) is 9.90 Å². The fraction of sp³-hybridized carbons (Fsp3) is 0. The highest BCUT2D eigenvalue weighted by Gasteiger charge is 2.07. The molecule has 0 radical (unpaired) electrons. The average Bonchev–Trinajstić information content (AvgIpc) is 2.45. The van der Waals surface area contributed by atoms with E-state index in [0.29, 0.717) is 5.56 Å². The molecular formula is C17H14O2. The van der Waals surface area contributed by atoms with Gasteiger partial charge in [0.1, 0.15) is 0 Å². The Bertz CT molecular complexity index is 596. The van der Waals surface area contributed by atoms with E-state index in [1.807, 2.05) is 54.6 Å². The molecule has 94 valence electrons. The van der Waals surface area contributed by atoms with Crippen molar-refractivity contribution in [1.29, 1.82) is 0 Å². The lowest BCUT2D eigenvalue weighted by molar-refractivity contribution is -0.130. The number of carbonyl (C=O) groups is 1. The molecule has 2 heteroatoms. The standard InChI is InChI=1S/C17H14O2/c18-17(19)16(15-11-5-2-6-12-15)13-7-10-14-8-3-1-4-9-14/h1-13H,(H,18,19)/b10-7+,16-13+. The van der Waals surface area contributed by atoms with Gasteiger partial charge >= 0.3 is 5.97 Å². The molecule has 0 aliphatic carbocycles. The van der Waals surface area contributed by atoms with Crippen LogP contribution in [0.15, 0.2) is 72.8 Å². The number of carboxylic acids is 1. The van der Waals surface area contributed by atoms with Gasteiger partial charge in [0, 0.05) is 0 Å². The third-order valence-electron chi connectivity index (χ3n) is 2.67. The Morgan fingerprint density at radius 2 is 1.47 bits per heavy atom. The van der Waals surface area contributed by atoms with Crippen LogP contribution in [0.4, 0.5) is 0 Å². The van der Waals surface area contributed by atoms with Crippen molar-refractivity contribution in [3.05, 3.63) is 83.9 Å². The quantitative estimate of drug-likeness (QED) is 0.660. The van der Waals surface area contributed by atoms with Crippen molar-refractivity contribution in [1.82, 2.24) is 0 Å². The number of carboxylic acid groups (broad SMARTS) is 1. The molecule has 19 heavy (non-hydrogen) atoms. The Morgan fingerprint density at radius 1 is 0.895 bits per heavy atom. The largest absolute Gasteiger partial charge is 0.478 e. The molecular weight excluding hydrogens is 236 g/mol. The molecule has 0 amide bonds. The number of rotatable bonds is 4. The van der Waals surface area contributed by atoms with Crippen molar-refractivity contribution in [3.8, 4) is 0 Å². The predicted molar refractivity (Wildman–Crippen MR) is 77.5 cm³/mol. The number of benzene rings is 2. The molecule has 0 saturated heterocycles. The van der Waals surface area contributed by atoms with Crippen molar-refractivity contribution in [2.24, 2.45) is 0 Å². The monoisotopic (exact) mass is 250 g/mol. The summed E-state index contributed by atoms with van der Waals surface area (Å²) in [5.41, 5.74) is 2.03. The second-order valence-electron chi connectivity index (χ2n) is 4.02. The van der Waals surface area contributed by atoms with Crippen molar-refractivity contribution in [3.63, 3.8) is 0 Å². The van der Waals surface area contributed by atoms with Crippen molar-refractivity contribution < 1.29 is 9.90 Å². The fourth-order valence-corrected chi connectivity index (χ4v) is 1.73. The third kappa shape index (κ3) is 3.68. The summed E-state index contributed by atoms with van der Waals surface area (Å²) in [5.74, 6) is -0.927. The maximum absolute atomic E-state index is 11.2. The summed E-state index contributed by atoms with van der Waals surface area (Å²) in [6.07, 6.45) is 5.25. The summed E-state index contributed by atoms with van der Waals surface area (Å²) >= 11 is 0. The van der Waals surface area contributed by atoms with Gasteiger partial charge in [0.05, 0.1) is 5.57 Å². The minimum atomic E-state index is -0.927. The van der Waals surface area contributed by atoms with E-state index < -0.39 is 5.97 Å². The SMILES string of the molecule is O=C(O)/C(=C/C=C/c1ccccc1)c1ccccc1. The van der Waals surface area contributed by atoms with Crippen LogP contribution in [-0.2, 0) is 4.79 Å². The molecule has 2 aromatic carbocycles. The van der Waals surface area contributed by atoms with Gasteiger partial charge in [-0.25, -0.2) is 4.79 Å². The van der Waals surface area contributed by atoms with E-state index in [2.05, 4.69) is 0 Å². The maximum Gasteiger partial charge on any atom is 0.336 e. The minimum absolute atomic E-state index is 0.285. The topological polar surface area (TPSA) is 37.3 Å². The van der Waals surface area contributed by atoms with Gasteiger partial charge in [-0.05, 0) is 17.2 Å². The van der Waals surface area contributed by atoms with Gasteiger partial charge in [-0.15, -0.1) is 0 Å². The Kier molecular flexibility index (Phi) is 4.29. The zero-order valence-corrected chi connectivity index (χ0v) is 10.4. The van der Waals surface area contributed by atoms with Crippen LogP contribution in [0.25, 0.3) is 11.6 Å². The van der Waals surface area contributed by atoms with Gasteiger partial charge in [0.15, 0.2) is 0 Å². The number of aliphatic carboxylic acids is 1. The summed E-state index contributed by atoms with van der Waals surface area (Å²) in [6, 6.07) is 18.9. The lowest BCUT2D eigenvalue weighted by Crippen LogP contribution is -1.98. The molecule has 0 aliphatic rings. The summed E-state index contributed by atoms with van der Waals surface area (Å²) in [4.78, 5) is 11.2. The third-order valence-corrected chi connectivity index (χ3v) is 2.67. The second-order valence-corrected chi connectivity index (χ2v) is 4.02. The predicted octanol–water partition coefficient (Wildman–Crippen LogP) is 3.87. The molecule has 0 spiro atoms. The molecule has 0 heterocycles. The zero-order chi connectivity index (χ0) is 13.5. The van der Waals surface area contributed by atoms with Crippen LogP contribution in [0, 0.1) is 0 Å². The van der Waals surface area contributed by atoms with E-state index in [1.165, 1.54) is 0 Å². The molecule has 0 aromatic heterocycles. The van der Waals surface area contributed by atoms with Crippen LogP contribution >= 0.6 is 0 Å². The van der Waals surface area contributed by atoms with Crippen LogP contribution in [0.5, 0.6) is 0 Å². The van der Waals surface area contributed by atoms with Crippen molar-refractivity contribution in [2.75, 3.05) is 0 Å². The van der Waals surface area contributed by atoms with E-state index in [0.717, 1.165) is 5.56 Å². The highest BCUT2D eigenvalue weighted by Crippen LogP contribution is 2.14. The molecule has 2 rings (SSSR count). The number of hydrogen-bond acceptors (Lipinski definition) is 1. The van der Waals surface area contributed by atoms with E-state index in [-0.39, 0.29) is 5.57 Å². The molecule has 0 saturated carbocycles. The molecule has 0 aliphatic heterocycles. The van der Waals surface area contributed by atoms with E-state index in [4.69, 9.17) is 0 Å². The zero-order valence-electron chi connectivity index (χ0n) is 10.4.